The van der Waals surface area contributed by atoms with Gasteiger partial charge in [0.1, 0.15) is 22.6 Å². The summed E-state index contributed by atoms with van der Waals surface area (Å²) in [6, 6.07) is -0.343. The highest BCUT2D eigenvalue weighted by atomic mass is 35.5. The first-order chi connectivity index (χ1) is 15.5. The average molecular weight is 500 g/mol. The summed E-state index contributed by atoms with van der Waals surface area (Å²) in [5.41, 5.74) is -0.762. The first-order valence-corrected chi connectivity index (χ1v) is 12.3. The molecule has 2 fully saturated rings. The molecule has 1 amide bonds. The summed E-state index contributed by atoms with van der Waals surface area (Å²) in [5.74, 6) is -1.37. The molecule has 4 rings (SSSR count). The highest BCUT2D eigenvalue weighted by molar-refractivity contribution is 7.98. The monoisotopic (exact) mass is 499 g/mol. The van der Waals surface area contributed by atoms with Crippen LogP contribution in [0, 0.1) is 5.82 Å². The third-order valence-electron chi connectivity index (χ3n) is 5.81. The van der Waals surface area contributed by atoms with Gasteiger partial charge in [-0.3, -0.25) is 4.90 Å². The SMILES string of the molecule is CSc1nc(O)c2c(O[C@@H](C)[C@H]3NC[C@@H]4CC[C@H]3N4C(=O)OC(C)(C)C)nc(Cl)c(F)c2n1. The standard InChI is InChI=1S/C21H27ClFN5O4S/c1-9(14-11-7-6-10(8-24-14)28(11)20(30)32-21(2,3)4)31-18-12-15(13(23)16(22)26-18)25-19(33-5)27-17(12)29/h9-11,14,24H,6-8H2,1-5H3,(H,25,27,29)/t9-,10-,11+,14+/m0/s1. The van der Waals surface area contributed by atoms with E-state index >= 15 is 0 Å². The maximum Gasteiger partial charge on any atom is 0.410 e. The number of carbonyl (C=O) groups is 1. The Morgan fingerprint density at radius 2 is 2.06 bits per heavy atom. The Morgan fingerprint density at radius 3 is 2.73 bits per heavy atom. The molecule has 0 aromatic carbocycles. The fourth-order valence-corrected chi connectivity index (χ4v) is 4.98. The summed E-state index contributed by atoms with van der Waals surface area (Å²) >= 11 is 7.16. The second-order valence-electron chi connectivity index (χ2n) is 9.22. The van der Waals surface area contributed by atoms with Crippen LogP contribution in [0.25, 0.3) is 10.9 Å². The number of nitrogens with zero attached hydrogens (tertiary/aromatic N) is 4. The van der Waals surface area contributed by atoms with Crippen molar-refractivity contribution in [2.75, 3.05) is 12.8 Å². The van der Waals surface area contributed by atoms with Gasteiger partial charge in [-0.1, -0.05) is 23.4 Å². The van der Waals surface area contributed by atoms with Crippen molar-refractivity contribution in [3.8, 4) is 11.8 Å². The largest absolute Gasteiger partial charge is 0.493 e. The maximum absolute atomic E-state index is 14.6. The fourth-order valence-electron chi connectivity index (χ4n) is 4.45. The molecule has 0 radical (unpaired) electrons. The molecule has 180 valence electrons. The van der Waals surface area contributed by atoms with E-state index in [-0.39, 0.29) is 46.2 Å². The summed E-state index contributed by atoms with van der Waals surface area (Å²) in [6.07, 6.45) is 2.50. The van der Waals surface area contributed by atoms with Crippen LogP contribution in [-0.2, 0) is 4.74 Å². The van der Waals surface area contributed by atoms with Gasteiger partial charge >= 0.3 is 6.09 Å². The number of pyridine rings is 1. The zero-order valence-corrected chi connectivity index (χ0v) is 20.6. The summed E-state index contributed by atoms with van der Waals surface area (Å²) in [6.45, 7) is 7.93. The molecule has 2 aromatic rings. The maximum atomic E-state index is 14.6. The molecule has 2 saturated heterocycles. The van der Waals surface area contributed by atoms with Crippen molar-refractivity contribution in [2.24, 2.45) is 0 Å². The van der Waals surface area contributed by atoms with Crippen LogP contribution in [0.5, 0.6) is 11.8 Å². The molecule has 0 aliphatic carbocycles. The lowest BCUT2D eigenvalue weighted by Crippen LogP contribution is -2.64. The second-order valence-corrected chi connectivity index (χ2v) is 10.4. The van der Waals surface area contributed by atoms with Crippen molar-refractivity contribution < 1.29 is 23.8 Å². The minimum Gasteiger partial charge on any atom is -0.493 e. The number of ether oxygens (including phenoxy) is 2. The van der Waals surface area contributed by atoms with Gasteiger partial charge in [-0.15, -0.1) is 0 Å². The molecular formula is C21H27ClFN5O4S. The molecule has 12 heteroatoms. The zero-order valence-electron chi connectivity index (χ0n) is 19.1. The van der Waals surface area contributed by atoms with Crippen LogP contribution in [0.15, 0.2) is 5.16 Å². The molecule has 2 bridgehead atoms. The van der Waals surface area contributed by atoms with Crippen molar-refractivity contribution >= 4 is 40.4 Å². The number of aromatic nitrogens is 3. The normalized spacial score (nSPS) is 23.6. The number of thioether (sulfide) groups is 1. The lowest BCUT2D eigenvalue weighted by atomic mass is 10.0. The fraction of sp³-hybridized carbons (Fsp3) is 0.619. The number of hydrogen-bond donors (Lipinski definition) is 2. The first kappa shape index (κ1) is 24.0. The molecule has 2 aliphatic rings. The Labute approximate surface area is 200 Å². The lowest BCUT2D eigenvalue weighted by molar-refractivity contribution is -0.00492. The van der Waals surface area contributed by atoms with Crippen molar-refractivity contribution in [1.82, 2.24) is 25.2 Å². The summed E-state index contributed by atoms with van der Waals surface area (Å²) in [7, 11) is 0. The highest BCUT2D eigenvalue weighted by Crippen LogP contribution is 2.37. The number of fused-ring (bicyclic) bond motifs is 3. The number of nitrogens with one attached hydrogen (secondary N) is 1. The Kier molecular flexibility index (Phi) is 6.49. The van der Waals surface area contributed by atoms with Gasteiger partial charge in [0.05, 0.1) is 12.1 Å². The molecule has 4 atom stereocenters. The van der Waals surface area contributed by atoms with Crippen LogP contribution >= 0.6 is 23.4 Å². The number of carbonyl (C=O) groups excluding carboxylic acids is 1. The third kappa shape index (κ3) is 4.63. The minimum absolute atomic E-state index is 0.0503. The van der Waals surface area contributed by atoms with Crippen LogP contribution in [0.2, 0.25) is 5.15 Å². The first-order valence-electron chi connectivity index (χ1n) is 10.7. The van der Waals surface area contributed by atoms with Crippen LogP contribution < -0.4 is 10.1 Å². The molecule has 0 saturated carbocycles. The molecule has 2 aromatic heterocycles. The van der Waals surface area contributed by atoms with Crippen molar-refractivity contribution in [3.63, 3.8) is 0 Å². The van der Waals surface area contributed by atoms with E-state index in [0.29, 0.717) is 6.54 Å². The topological polar surface area (TPSA) is 110 Å². The van der Waals surface area contributed by atoms with Crippen molar-refractivity contribution in [2.45, 2.75) is 75.5 Å². The number of halogens is 2. The van der Waals surface area contributed by atoms with Gasteiger partial charge in [-0.05, 0) is 46.8 Å². The van der Waals surface area contributed by atoms with E-state index in [2.05, 4.69) is 20.3 Å². The second kappa shape index (κ2) is 8.92. The van der Waals surface area contributed by atoms with E-state index in [0.717, 1.165) is 24.6 Å². The van der Waals surface area contributed by atoms with E-state index in [4.69, 9.17) is 21.1 Å². The molecular weight excluding hydrogens is 473 g/mol. The van der Waals surface area contributed by atoms with E-state index < -0.39 is 28.6 Å². The molecule has 2 N–H and O–H groups in total. The Bertz CT molecular complexity index is 1090. The highest BCUT2D eigenvalue weighted by Gasteiger charge is 2.48. The van der Waals surface area contributed by atoms with Crippen molar-refractivity contribution in [1.29, 1.82) is 0 Å². The number of rotatable bonds is 4. The minimum atomic E-state index is -0.856. The average Bonchev–Trinajstić information content (AvgIpc) is 3.03. The van der Waals surface area contributed by atoms with Gasteiger partial charge in [0.15, 0.2) is 16.1 Å². The number of aromatic hydroxyl groups is 1. The third-order valence-corrected chi connectivity index (χ3v) is 6.61. The molecule has 0 spiro atoms. The van der Waals surface area contributed by atoms with Gasteiger partial charge in [-0.25, -0.2) is 14.2 Å². The van der Waals surface area contributed by atoms with E-state index in [9.17, 15) is 14.3 Å². The molecule has 9 nitrogen and oxygen atoms in total. The van der Waals surface area contributed by atoms with Gasteiger partial charge < -0.3 is 19.9 Å². The Balaban J connectivity index is 1.63. The molecule has 4 heterocycles. The number of piperazine rings is 1. The summed E-state index contributed by atoms with van der Waals surface area (Å²) < 4.78 is 26.3. The Morgan fingerprint density at radius 1 is 1.33 bits per heavy atom. The predicted octanol–water partition coefficient (Wildman–Crippen LogP) is 3.75. The molecule has 33 heavy (non-hydrogen) atoms. The van der Waals surface area contributed by atoms with Crippen LogP contribution in [-0.4, -0.2) is 73.7 Å². The van der Waals surface area contributed by atoms with E-state index in [1.807, 2.05) is 27.7 Å². The zero-order chi connectivity index (χ0) is 24.1. The molecule has 2 aliphatic heterocycles. The van der Waals surface area contributed by atoms with Gasteiger partial charge in [0.25, 0.3) is 0 Å². The van der Waals surface area contributed by atoms with Crippen LogP contribution in [0.1, 0.15) is 40.5 Å². The van der Waals surface area contributed by atoms with Gasteiger partial charge in [0.2, 0.25) is 11.8 Å². The van der Waals surface area contributed by atoms with Gasteiger partial charge in [-0.2, -0.15) is 9.97 Å². The van der Waals surface area contributed by atoms with Crippen molar-refractivity contribution in [3.05, 3.63) is 11.0 Å². The van der Waals surface area contributed by atoms with Crippen LogP contribution in [0.4, 0.5) is 9.18 Å². The quantitative estimate of drug-likeness (QED) is 0.369. The molecule has 0 unspecified atom stereocenters. The summed E-state index contributed by atoms with van der Waals surface area (Å²) in [5, 5.41) is 13.6. The predicted molar refractivity (Wildman–Crippen MR) is 123 cm³/mol. The Hall–Kier alpha value is -2.11. The van der Waals surface area contributed by atoms with Crippen LogP contribution in [0.3, 0.4) is 0 Å². The summed E-state index contributed by atoms with van der Waals surface area (Å²) in [4.78, 5) is 26.8. The van der Waals surface area contributed by atoms with Gasteiger partial charge in [0, 0.05) is 12.6 Å². The van der Waals surface area contributed by atoms with E-state index in [1.54, 1.807) is 11.2 Å². The number of hydrogen-bond acceptors (Lipinski definition) is 9. The lowest BCUT2D eigenvalue weighted by Gasteiger charge is -2.42. The number of amides is 1. The van der Waals surface area contributed by atoms with E-state index in [1.165, 1.54) is 0 Å². The smallest absolute Gasteiger partial charge is 0.410 e.